The number of rotatable bonds is 1. The molecule has 1 saturated heterocycles. The average Bonchev–Trinajstić information content (AvgIpc) is 2.09. The van der Waals surface area contributed by atoms with Crippen molar-refractivity contribution in [3.63, 3.8) is 0 Å². The number of aliphatic hydroxyl groups is 1. The van der Waals surface area contributed by atoms with Gasteiger partial charge in [-0.15, -0.1) is 0 Å². The van der Waals surface area contributed by atoms with Crippen LogP contribution < -0.4 is 0 Å². The molecule has 0 spiro atoms. The molecule has 0 saturated carbocycles. The van der Waals surface area contributed by atoms with Crippen molar-refractivity contribution in [3.8, 4) is 0 Å². The zero-order valence-electron chi connectivity index (χ0n) is 5.70. The van der Waals surface area contributed by atoms with Crippen molar-refractivity contribution >= 4 is 11.8 Å². The third-order valence-corrected chi connectivity index (χ3v) is 1.61. The molecule has 1 aliphatic heterocycles. The van der Waals surface area contributed by atoms with E-state index < -0.39 is 6.73 Å². The SMILES string of the molecule is CC1CC(=O)N(CO)C1=O. The first-order chi connectivity index (χ1) is 4.66. The maximum Gasteiger partial charge on any atom is 0.234 e. The molecule has 0 aliphatic carbocycles. The Morgan fingerprint density at radius 3 is 2.50 bits per heavy atom. The summed E-state index contributed by atoms with van der Waals surface area (Å²) in [6, 6.07) is 0. The van der Waals surface area contributed by atoms with E-state index in [0.717, 1.165) is 4.90 Å². The lowest BCUT2D eigenvalue weighted by atomic mass is 10.1. The maximum absolute atomic E-state index is 10.9. The Balaban J connectivity index is 2.74. The van der Waals surface area contributed by atoms with Gasteiger partial charge in [-0.25, -0.2) is 0 Å². The van der Waals surface area contributed by atoms with Crippen LogP contribution in [0.15, 0.2) is 0 Å². The number of carbonyl (C=O) groups is 2. The molecule has 0 aromatic heterocycles. The summed E-state index contributed by atoms with van der Waals surface area (Å²) in [7, 11) is 0. The molecule has 0 aromatic rings. The Labute approximate surface area is 58.4 Å². The Morgan fingerprint density at radius 1 is 1.70 bits per heavy atom. The first kappa shape index (κ1) is 7.21. The zero-order valence-corrected chi connectivity index (χ0v) is 5.70. The van der Waals surface area contributed by atoms with E-state index in [1.54, 1.807) is 6.92 Å². The van der Waals surface area contributed by atoms with E-state index in [1.807, 2.05) is 0 Å². The van der Waals surface area contributed by atoms with Gasteiger partial charge in [-0.3, -0.25) is 14.5 Å². The molecule has 10 heavy (non-hydrogen) atoms. The van der Waals surface area contributed by atoms with E-state index >= 15 is 0 Å². The van der Waals surface area contributed by atoms with Gasteiger partial charge in [0, 0.05) is 12.3 Å². The van der Waals surface area contributed by atoms with E-state index in [2.05, 4.69) is 0 Å². The minimum atomic E-state index is -0.484. The van der Waals surface area contributed by atoms with Crippen LogP contribution in [-0.2, 0) is 9.59 Å². The standard InChI is InChI=1S/C6H9NO3/c1-4-2-5(9)7(3-8)6(4)10/h4,8H,2-3H2,1H3. The van der Waals surface area contributed by atoms with Crippen LogP contribution in [0.4, 0.5) is 0 Å². The third-order valence-electron chi connectivity index (χ3n) is 1.61. The van der Waals surface area contributed by atoms with Crippen molar-refractivity contribution in [1.82, 2.24) is 4.90 Å². The van der Waals surface area contributed by atoms with Crippen LogP contribution in [0.25, 0.3) is 0 Å². The fourth-order valence-electron chi connectivity index (χ4n) is 0.997. The van der Waals surface area contributed by atoms with E-state index in [0.29, 0.717) is 0 Å². The van der Waals surface area contributed by atoms with Gasteiger partial charge >= 0.3 is 0 Å². The number of likely N-dealkylation sites (tertiary alicyclic amines) is 1. The maximum atomic E-state index is 10.9. The molecule has 1 N–H and O–H groups in total. The quantitative estimate of drug-likeness (QED) is 0.495. The number of hydrogen-bond donors (Lipinski definition) is 1. The monoisotopic (exact) mass is 143 g/mol. The molecule has 56 valence electrons. The van der Waals surface area contributed by atoms with E-state index in [4.69, 9.17) is 5.11 Å². The summed E-state index contributed by atoms with van der Waals surface area (Å²) in [5.41, 5.74) is 0. The number of imide groups is 1. The van der Waals surface area contributed by atoms with E-state index in [9.17, 15) is 9.59 Å². The van der Waals surface area contributed by atoms with Crippen LogP contribution in [0.2, 0.25) is 0 Å². The topological polar surface area (TPSA) is 57.6 Å². The summed E-state index contributed by atoms with van der Waals surface area (Å²) in [5.74, 6) is -0.799. The minimum Gasteiger partial charge on any atom is -0.376 e. The van der Waals surface area contributed by atoms with Crippen molar-refractivity contribution in [1.29, 1.82) is 0 Å². The fraction of sp³-hybridized carbons (Fsp3) is 0.667. The van der Waals surface area contributed by atoms with Gasteiger partial charge in [0.15, 0.2) is 0 Å². The smallest absolute Gasteiger partial charge is 0.234 e. The van der Waals surface area contributed by atoms with Crippen molar-refractivity contribution < 1.29 is 14.7 Å². The van der Waals surface area contributed by atoms with Crippen LogP contribution in [-0.4, -0.2) is 28.6 Å². The summed E-state index contributed by atoms with van der Waals surface area (Å²) >= 11 is 0. The van der Waals surface area contributed by atoms with Gasteiger partial charge in [0.05, 0.1) is 0 Å². The molecule has 2 amide bonds. The molecule has 4 nitrogen and oxygen atoms in total. The van der Waals surface area contributed by atoms with Gasteiger partial charge < -0.3 is 5.11 Å². The molecule has 1 aliphatic rings. The Bertz CT molecular complexity index is 178. The fourth-order valence-corrected chi connectivity index (χ4v) is 0.997. The summed E-state index contributed by atoms with van der Waals surface area (Å²) < 4.78 is 0. The number of aliphatic hydroxyl groups excluding tert-OH is 1. The van der Waals surface area contributed by atoms with Crippen molar-refractivity contribution in [2.24, 2.45) is 5.92 Å². The molecular formula is C6H9NO3. The molecule has 0 aromatic carbocycles. The number of amides is 2. The van der Waals surface area contributed by atoms with Gasteiger partial charge in [-0.05, 0) is 0 Å². The van der Waals surface area contributed by atoms with E-state index in [1.165, 1.54) is 0 Å². The summed E-state index contributed by atoms with van der Waals surface area (Å²) in [4.78, 5) is 22.5. The number of carbonyl (C=O) groups excluding carboxylic acids is 2. The average molecular weight is 143 g/mol. The van der Waals surface area contributed by atoms with Crippen LogP contribution >= 0.6 is 0 Å². The van der Waals surface area contributed by atoms with Gasteiger partial charge in [0.1, 0.15) is 6.73 Å². The molecule has 1 heterocycles. The minimum absolute atomic E-state index is 0.236. The van der Waals surface area contributed by atoms with E-state index in [-0.39, 0.29) is 24.2 Å². The third kappa shape index (κ3) is 0.903. The highest BCUT2D eigenvalue weighted by Crippen LogP contribution is 2.17. The zero-order chi connectivity index (χ0) is 7.72. The highest BCUT2D eigenvalue weighted by atomic mass is 16.3. The number of nitrogens with zero attached hydrogens (tertiary/aromatic N) is 1. The van der Waals surface area contributed by atoms with Crippen LogP contribution in [0, 0.1) is 5.92 Å². The normalized spacial score (nSPS) is 26.2. The second kappa shape index (κ2) is 2.38. The van der Waals surface area contributed by atoms with Crippen LogP contribution in [0.1, 0.15) is 13.3 Å². The second-order valence-electron chi connectivity index (χ2n) is 2.41. The predicted octanol–water partition coefficient (Wildman–Crippen LogP) is -0.669. The Hall–Kier alpha value is -0.900. The van der Waals surface area contributed by atoms with Gasteiger partial charge in [-0.1, -0.05) is 6.92 Å². The van der Waals surface area contributed by atoms with Gasteiger partial charge in [-0.2, -0.15) is 0 Å². The highest BCUT2D eigenvalue weighted by Gasteiger charge is 2.34. The molecule has 1 fully saturated rings. The van der Waals surface area contributed by atoms with Crippen LogP contribution in [0.3, 0.4) is 0 Å². The first-order valence-corrected chi connectivity index (χ1v) is 3.12. The highest BCUT2D eigenvalue weighted by molar-refractivity contribution is 6.03. The molecule has 1 rings (SSSR count). The lowest BCUT2D eigenvalue weighted by Crippen LogP contribution is -2.30. The lowest BCUT2D eigenvalue weighted by molar-refractivity contribution is -0.143. The second-order valence-corrected chi connectivity index (χ2v) is 2.41. The number of hydrogen-bond acceptors (Lipinski definition) is 3. The molecule has 4 heteroatoms. The van der Waals surface area contributed by atoms with Crippen LogP contribution in [0.5, 0.6) is 0 Å². The van der Waals surface area contributed by atoms with Gasteiger partial charge in [0.25, 0.3) is 0 Å². The summed E-state index contributed by atoms with van der Waals surface area (Å²) in [5, 5.41) is 8.51. The van der Waals surface area contributed by atoms with Crippen molar-refractivity contribution in [3.05, 3.63) is 0 Å². The Morgan fingerprint density at radius 2 is 2.30 bits per heavy atom. The largest absolute Gasteiger partial charge is 0.376 e. The van der Waals surface area contributed by atoms with Gasteiger partial charge in [0.2, 0.25) is 11.8 Å². The molecular weight excluding hydrogens is 134 g/mol. The lowest BCUT2D eigenvalue weighted by Gasteiger charge is -2.08. The molecule has 1 unspecified atom stereocenters. The van der Waals surface area contributed by atoms with Crippen molar-refractivity contribution in [2.75, 3.05) is 6.73 Å². The molecule has 0 bridgehead atoms. The van der Waals surface area contributed by atoms with Crippen molar-refractivity contribution in [2.45, 2.75) is 13.3 Å². The predicted molar refractivity (Wildman–Crippen MR) is 32.7 cm³/mol. The first-order valence-electron chi connectivity index (χ1n) is 3.12. The molecule has 0 radical (unpaired) electrons. The molecule has 1 atom stereocenters. The Kier molecular flexibility index (Phi) is 1.72. The summed E-state index contributed by atoms with van der Waals surface area (Å²) in [6.07, 6.45) is 0.236. The summed E-state index contributed by atoms with van der Waals surface area (Å²) in [6.45, 7) is 1.19.